The number of fused-ring (bicyclic) bond motifs is 1. The number of aromatic amines is 1. The van der Waals surface area contributed by atoms with E-state index in [1.807, 2.05) is 37.3 Å². The van der Waals surface area contributed by atoms with Crippen LogP contribution in [-0.2, 0) is 11.4 Å². The lowest BCUT2D eigenvalue weighted by molar-refractivity contribution is 0.606. The summed E-state index contributed by atoms with van der Waals surface area (Å²) < 4.78 is 17.2. The van der Waals surface area contributed by atoms with Gasteiger partial charge in [0.2, 0.25) is 0 Å². The zero-order valence-corrected chi connectivity index (χ0v) is 18.2. The smallest absolute Gasteiger partial charge is 0.250 e. The highest BCUT2D eigenvalue weighted by molar-refractivity contribution is 7.92. The third-order valence-corrected chi connectivity index (χ3v) is 5.82. The first-order chi connectivity index (χ1) is 14.3. The van der Waals surface area contributed by atoms with Crippen LogP contribution in [0.3, 0.4) is 0 Å². The molecule has 30 heavy (non-hydrogen) atoms. The van der Waals surface area contributed by atoms with Crippen molar-refractivity contribution in [2.75, 3.05) is 11.0 Å². The van der Waals surface area contributed by atoms with Crippen LogP contribution in [0.1, 0.15) is 29.9 Å². The summed E-state index contributed by atoms with van der Waals surface area (Å²) in [7, 11) is 0. The van der Waals surface area contributed by atoms with Gasteiger partial charge in [0, 0.05) is 11.8 Å². The van der Waals surface area contributed by atoms with Crippen molar-refractivity contribution in [2.45, 2.75) is 26.8 Å². The Morgan fingerprint density at radius 1 is 1.13 bits per heavy atom. The summed E-state index contributed by atoms with van der Waals surface area (Å²) in [5, 5.41) is 0. The van der Waals surface area contributed by atoms with E-state index < -0.39 is 11.4 Å². The van der Waals surface area contributed by atoms with Crippen molar-refractivity contribution in [2.24, 2.45) is 0 Å². The summed E-state index contributed by atoms with van der Waals surface area (Å²) in [6.45, 7) is 5.91. The number of pyridine rings is 1. The van der Waals surface area contributed by atoms with E-state index in [4.69, 9.17) is 4.98 Å². The molecule has 0 spiro atoms. The van der Waals surface area contributed by atoms with Gasteiger partial charge in [-0.05, 0) is 55.7 Å². The number of benzene rings is 2. The van der Waals surface area contributed by atoms with Gasteiger partial charge < -0.3 is 14.1 Å². The van der Waals surface area contributed by atoms with Crippen LogP contribution in [0.4, 0.5) is 5.69 Å². The SMILES string of the molecule is Cc1cc(-c2cc(N[S+](C)[O-])c3nc(C)n(C(C)c4ccccc4)c3c2)c[nH]c1=O. The number of anilines is 1. The Bertz CT molecular complexity index is 1260. The number of rotatable bonds is 5. The topological polar surface area (TPSA) is 85.8 Å². The maximum atomic E-state index is 12.0. The van der Waals surface area contributed by atoms with Gasteiger partial charge in [-0.3, -0.25) is 4.79 Å². The number of H-pyrrole nitrogens is 1. The van der Waals surface area contributed by atoms with E-state index in [-0.39, 0.29) is 11.6 Å². The number of hydrogen-bond donors (Lipinski definition) is 2. The van der Waals surface area contributed by atoms with Gasteiger partial charge in [-0.1, -0.05) is 30.3 Å². The summed E-state index contributed by atoms with van der Waals surface area (Å²) >= 11 is -1.25. The second-order valence-corrected chi connectivity index (χ2v) is 8.58. The molecule has 0 aliphatic carbocycles. The van der Waals surface area contributed by atoms with E-state index in [9.17, 15) is 9.35 Å². The Morgan fingerprint density at radius 3 is 2.53 bits per heavy atom. The molecule has 0 bridgehead atoms. The van der Waals surface area contributed by atoms with Gasteiger partial charge in [-0.2, -0.15) is 0 Å². The van der Waals surface area contributed by atoms with Crippen LogP contribution in [0.2, 0.25) is 0 Å². The summed E-state index contributed by atoms with van der Waals surface area (Å²) in [6, 6.07) is 16.2. The zero-order valence-electron chi connectivity index (χ0n) is 17.4. The molecule has 0 fully saturated rings. The Labute approximate surface area is 178 Å². The molecule has 2 heterocycles. The van der Waals surface area contributed by atoms with Crippen molar-refractivity contribution in [1.82, 2.24) is 14.5 Å². The average molecular weight is 421 g/mol. The predicted octanol–water partition coefficient (Wildman–Crippen LogP) is 4.32. The lowest BCUT2D eigenvalue weighted by Crippen LogP contribution is -2.11. The second kappa shape index (κ2) is 8.01. The van der Waals surface area contributed by atoms with Crippen LogP contribution in [0, 0.1) is 13.8 Å². The first-order valence-corrected chi connectivity index (χ1v) is 11.3. The van der Waals surface area contributed by atoms with Gasteiger partial charge in [0.15, 0.2) is 0 Å². The largest absolute Gasteiger partial charge is 0.593 e. The van der Waals surface area contributed by atoms with Crippen molar-refractivity contribution in [3.63, 3.8) is 0 Å². The Morgan fingerprint density at radius 2 is 1.87 bits per heavy atom. The molecule has 2 aromatic carbocycles. The summed E-state index contributed by atoms with van der Waals surface area (Å²) in [4.78, 5) is 19.4. The summed E-state index contributed by atoms with van der Waals surface area (Å²) in [6.07, 6.45) is 3.30. The molecule has 0 aliphatic rings. The Kier molecular flexibility index (Phi) is 5.40. The summed E-state index contributed by atoms with van der Waals surface area (Å²) in [5.74, 6) is 0.876. The van der Waals surface area contributed by atoms with E-state index >= 15 is 0 Å². The molecule has 0 aliphatic heterocycles. The lowest BCUT2D eigenvalue weighted by Gasteiger charge is -2.18. The van der Waals surface area contributed by atoms with Crippen LogP contribution in [-0.4, -0.2) is 25.3 Å². The molecule has 0 radical (unpaired) electrons. The molecular formula is C23H24N4O2S. The molecule has 7 heteroatoms. The number of aryl methyl sites for hydroxylation is 2. The average Bonchev–Trinajstić information content (AvgIpc) is 3.06. The molecule has 2 atom stereocenters. The first-order valence-electron chi connectivity index (χ1n) is 9.72. The minimum atomic E-state index is -1.25. The maximum Gasteiger partial charge on any atom is 0.250 e. The second-order valence-electron chi connectivity index (χ2n) is 7.46. The molecule has 0 amide bonds. The number of nitrogens with one attached hydrogen (secondary N) is 2. The molecule has 4 rings (SSSR count). The Hall–Kier alpha value is -3.03. The molecule has 0 saturated carbocycles. The maximum absolute atomic E-state index is 12.0. The minimum Gasteiger partial charge on any atom is -0.593 e. The van der Waals surface area contributed by atoms with Gasteiger partial charge in [0.25, 0.3) is 5.56 Å². The molecule has 4 aromatic rings. The molecular weight excluding hydrogens is 396 g/mol. The van der Waals surface area contributed by atoms with E-state index in [0.717, 1.165) is 28.0 Å². The van der Waals surface area contributed by atoms with Crippen molar-refractivity contribution in [1.29, 1.82) is 0 Å². The fourth-order valence-corrected chi connectivity index (χ4v) is 4.31. The van der Waals surface area contributed by atoms with Crippen LogP contribution in [0.25, 0.3) is 22.2 Å². The fourth-order valence-electron chi connectivity index (χ4n) is 3.84. The minimum absolute atomic E-state index is 0.0729. The monoisotopic (exact) mass is 420 g/mol. The highest BCUT2D eigenvalue weighted by Crippen LogP contribution is 2.34. The highest BCUT2D eigenvalue weighted by atomic mass is 32.2. The van der Waals surface area contributed by atoms with Gasteiger partial charge in [0.1, 0.15) is 23.3 Å². The lowest BCUT2D eigenvalue weighted by atomic mass is 10.0. The summed E-state index contributed by atoms with van der Waals surface area (Å²) in [5.41, 5.74) is 5.93. The van der Waals surface area contributed by atoms with Gasteiger partial charge in [-0.25, -0.2) is 9.71 Å². The molecule has 0 saturated heterocycles. The molecule has 154 valence electrons. The quantitative estimate of drug-likeness (QED) is 0.471. The molecule has 2 aromatic heterocycles. The number of hydrogen-bond acceptors (Lipinski definition) is 4. The van der Waals surface area contributed by atoms with Crippen LogP contribution in [0.15, 0.2) is 59.5 Å². The number of nitrogens with zero attached hydrogens (tertiary/aromatic N) is 2. The van der Waals surface area contributed by atoms with Crippen LogP contribution >= 0.6 is 0 Å². The van der Waals surface area contributed by atoms with E-state index in [1.54, 1.807) is 19.4 Å². The van der Waals surface area contributed by atoms with Crippen LogP contribution < -0.4 is 10.3 Å². The fraction of sp³-hybridized carbons (Fsp3) is 0.217. The zero-order chi connectivity index (χ0) is 21.4. The standard InChI is InChI=1S/C23H24N4O2S/c1-14-10-19(13-24-23(14)28)18-11-20(26-30(4)29)22-21(12-18)27(16(3)25-22)15(2)17-8-6-5-7-9-17/h5-13,15,26H,1-4H3,(H,24,28). The third kappa shape index (κ3) is 3.74. The van der Waals surface area contributed by atoms with Crippen molar-refractivity contribution in [3.8, 4) is 11.1 Å². The van der Waals surface area contributed by atoms with E-state index in [1.165, 1.54) is 5.56 Å². The normalized spacial score (nSPS) is 13.4. The molecule has 2 N–H and O–H groups in total. The van der Waals surface area contributed by atoms with Crippen molar-refractivity contribution >= 4 is 28.1 Å². The highest BCUT2D eigenvalue weighted by Gasteiger charge is 2.20. The van der Waals surface area contributed by atoms with Gasteiger partial charge in [-0.15, -0.1) is 0 Å². The van der Waals surface area contributed by atoms with Crippen molar-refractivity contribution in [3.05, 3.63) is 82.0 Å². The molecule has 6 nitrogen and oxygen atoms in total. The van der Waals surface area contributed by atoms with Gasteiger partial charge in [0.05, 0.1) is 22.9 Å². The first kappa shape index (κ1) is 20.3. The molecule has 2 unspecified atom stereocenters. The number of imidazole rings is 1. The van der Waals surface area contributed by atoms with E-state index in [0.29, 0.717) is 11.3 Å². The number of aromatic nitrogens is 3. The predicted molar refractivity (Wildman–Crippen MR) is 123 cm³/mol. The van der Waals surface area contributed by atoms with Crippen LogP contribution in [0.5, 0.6) is 0 Å². The van der Waals surface area contributed by atoms with Crippen molar-refractivity contribution < 1.29 is 4.55 Å². The van der Waals surface area contributed by atoms with E-state index in [2.05, 4.69) is 39.4 Å². The Balaban J connectivity index is 1.96. The van der Waals surface area contributed by atoms with Gasteiger partial charge >= 0.3 is 0 Å². The third-order valence-electron chi connectivity index (χ3n) is 5.32.